The molecule has 1 nitrogen and oxygen atoms in total. The standard InChI is InChI=1S/C11H18O/c1-2-6-9-8(4-1)5-3-7-10-11(9)12-10/h8-11H,1-7H2. The smallest absolute Gasteiger partial charge is 0.0872 e. The van der Waals surface area contributed by atoms with Gasteiger partial charge in [-0.3, -0.25) is 0 Å². The van der Waals surface area contributed by atoms with Crippen LogP contribution in [0.1, 0.15) is 44.9 Å². The summed E-state index contributed by atoms with van der Waals surface area (Å²) in [7, 11) is 0. The minimum atomic E-state index is 0.693. The second-order valence-corrected chi connectivity index (χ2v) is 4.78. The minimum absolute atomic E-state index is 0.693. The zero-order chi connectivity index (χ0) is 7.97. The van der Waals surface area contributed by atoms with Gasteiger partial charge in [0, 0.05) is 0 Å². The van der Waals surface area contributed by atoms with E-state index in [0.717, 1.165) is 11.8 Å². The van der Waals surface area contributed by atoms with Gasteiger partial charge in [0.25, 0.3) is 0 Å². The Morgan fingerprint density at radius 3 is 2.67 bits per heavy atom. The molecule has 2 saturated carbocycles. The first-order chi connectivity index (χ1) is 5.95. The number of hydrogen-bond acceptors (Lipinski definition) is 1. The third-order valence-corrected chi connectivity index (χ3v) is 4.08. The first-order valence-corrected chi connectivity index (χ1v) is 5.60. The molecule has 0 radical (unpaired) electrons. The first-order valence-electron chi connectivity index (χ1n) is 5.60. The molecule has 3 fully saturated rings. The second kappa shape index (κ2) is 2.73. The van der Waals surface area contributed by atoms with Crippen LogP contribution in [-0.2, 0) is 4.74 Å². The van der Waals surface area contributed by atoms with E-state index < -0.39 is 0 Å². The Kier molecular flexibility index (Phi) is 1.68. The summed E-state index contributed by atoms with van der Waals surface area (Å²) in [6, 6.07) is 0. The quantitative estimate of drug-likeness (QED) is 0.504. The zero-order valence-electron chi connectivity index (χ0n) is 7.67. The lowest BCUT2D eigenvalue weighted by Gasteiger charge is -2.29. The molecule has 68 valence electrons. The molecular weight excluding hydrogens is 148 g/mol. The van der Waals surface area contributed by atoms with E-state index in [1.54, 1.807) is 0 Å². The van der Waals surface area contributed by atoms with Crippen LogP contribution in [0.15, 0.2) is 0 Å². The SMILES string of the molecule is C1CCC2C(C1)CCCC1OC12. The number of ether oxygens (including phenoxy) is 1. The molecule has 1 heterocycles. The highest BCUT2D eigenvalue weighted by Gasteiger charge is 2.49. The van der Waals surface area contributed by atoms with Crippen molar-refractivity contribution in [2.75, 3.05) is 0 Å². The van der Waals surface area contributed by atoms with E-state index in [1.165, 1.54) is 44.9 Å². The predicted molar refractivity (Wildman–Crippen MR) is 48.0 cm³/mol. The summed E-state index contributed by atoms with van der Waals surface area (Å²) in [6.45, 7) is 0. The molecule has 3 rings (SSSR count). The van der Waals surface area contributed by atoms with Crippen molar-refractivity contribution in [1.29, 1.82) is 0 Å². The molecule has 0 aromatic carbocycles. The molecule has 0 bridgehead atoms. The summed E-state index contributed by atoms with van der Waals surface area (Å²) in [5.41, 5.74) is 0. The molecule has 1 aliphatic heterocycles. The van der Waals surface area contributed by atoms with Crippen molar-refractivity contribution >= 4 is 0 Å². The second-order valence-electron chi connectivity index (χ2n) is 4.78. The van der Waals surface area contributed by atoms with Crippen molar-refractivity contribution in [3.63, 3.8) is 0 Å². The molecule has 1 saturated heterocycles. The Balaban J connectivity index is 1.76. The van der Waals surface area contributed by atoms with Gasteiger partial charge in [0.2, 0.25) is 0 Å². The van der Waals surface area contributed by atoms with E-state index in [9.17, 15) is 0 Å². The topological polar surface area (TPSA) is 12.5 Å². The van der Waals surface area contributed by atoms with Crippen LogP contribution < -0.4 is 0 Å². The van der Waals surface area contributed by atoms with Crippen LogP contribution in [0.3, 0.4) is 0 Å². The van der Waals surface area contributed by atoms with Gasteiger partial charge >= 0.3 is 0 Å². The van der Waals surface area contributed by atoms with Gasteiger partial charge in [-0.25, -0.2) is 0 Å². The molecule has 0 amide bonds. The highest BCUT2D eigenvalue weighted by Crippen LogP contribution is 2.47. The zero-order valence-corrected chi connectivity index (χ0v) is 7.67. The largest absolute Gasteiger partial charge is 0.369 e. The van der Waals surface area contributed by atoms with Crippen LogP contribution in [0.2, 0.25) is 0 Å². The summed E-state index contributed by atoms with van der Waals surface area (Å²) < 4.78 is 5.73. The van der Waals surface area contributed by atoms with Crippen LogP contribution in [0, 0.1) is 11.8 Å². The van der Waals surface area contributed by atoms with Crippen molar-refractivity contribution in [1.82, 2.24) is 0 Å². The summed E-state index contributed by atoms with van der Waals surface area (Å²) in [5.74, 6) is 2.00. The number of epoxide rings is 1. The van der Waals surface area contributed by atoms with Gasteiger partial charge in [0.05, 0.1) is 12.2 Å². The van der Waals surface area contributed by atoms with Gasteiger partial charge in [-0.2, -0.15) is 0 Å². The summed E-state index contributed by atoms with van der Waals surface area (Å²) in [5, 5.41) is 0. The lowest BCUT2D eigenvalue weighted by Crippen LogP contribution is -2.23. The molecule has 3 aliphatic rings. The van der Waals surface area contributed by atoms with E-state index >= 15 is 0 Å². The Morgan fingerprint density at radius 2 is 1.67 bits per heavy atom. The maximum absolute atomic E-state index is 5.73. The highest BCUT2D eigenvalue weighted by molar-refractivity contribution is 4.97. The van der Waals surface area contributed by atoms with Crippen LogP contribution in [-0.4, -0.2) is 12.2 Å². The van der Waals surface area contributed by atoms with Crippen molar-refractivity contribution in [3.8, 4) is 0 Å². The third-order valence-electron chi connectivity index (χ3n) is 4.08. The lowest BCUT2D eigenvalue weighted by atomic mass is 9.76. The fourth-order valence-corrected chi connectivity index (χ4v) is 3.37. The summed E-state index contributed by atoms with van der Waals surface area (Å²) in [4.78, 5) is 0. The Hall–Kier alpha value is -0.0400. The molecular formula is C11H18O. The molecule has 0 aromatic rings. The maximum atomic E-state index is 5.73. The highest BCUT2D eigenvalue weighted by atomic mass is 16.6. The van der Waals surface area contributed by atoms with Gasteiger partial charge in [-0.1, -0.05) is 25.7 Å². The van der Waals surface area contributed by atoms with Crippen molar-refractivity contribution in [2.45, 2.75) is 57.2 Å². The molecule has 2 aliphatic carbocycles. The average molecular weight is 166 g/mol. The maximum Gasteiger partial charge on any atom is 0.0872 e. The molecule has 4 unspecified atom stereocenters. The average Bonchev–Trinajstić information content (AvgIpc) is 2.82. The van der Waals surface area contributed by atoms with Gasteiger partial charge in [-0.15, -0.1) is 0 Å². The molecule has 0 N–H and O–H groups in total. The number of fused-ring (bicyclic) bond motifs is 3. The van der Waals surface area contributed by atoms with Gasteiger partial charge < -0.3 is 4.74 Å². The Morgan fingerprint density at radius 1 is 0.833 bits per heavy atom. The van der Waals surface area contributed by atoms with E-state index in [-0.39, 0.29) is 0 Å². The molecule has 0 spiro atoms. The fraction of sp³-hybridized carbons (Fsp3) is 1.00. The minimum Gasteiger partial charge on any atom is -0.369 e. The van der Waals surface area contributed by atoms with Crippen LogP contribution >= 0.6 is 0 Å². The van der Waals surface area contributed by atoms with E-state index in [2.05, 4.69) is 0 Å². The number of rotatable bonds is 0. The molecule has 1 heteroatoms. The summed E-state index contributed by atoms with van der Waals surface area (Å²) >= 11 is 0. The van der Waals surface area contributed by atoms with E-state index in [1.807, 2.05) is 0 Å². The van der Waals surface area contributed by atoms with Crippen molar-refractivity contribution < 1.29 is 4.74 Å². The molecule has 4 atom stereocenters. The molecule has 12 heavy (non-hydrogen) atoms. The molecule has 0 aromatic heterocycles. The van der Waals surface area contributed by atoms with Gasteiger partial charge in [0.15, 0.2) is 0 Å². The van der Waals surface area contributed by atoms with Crippen LogP contribution in [0.4, 0.5) is 0 Å². The lowest BCUT2D eigenvalue weighted by molar-refractivity contribution is 0.169. The first kappa shape index (κ1) is 7.37. The van der Waals surface area contributed by atoms with Crippen LogP contribution in [0.5, 0.6) is 0 Å². The van der Waals surface area contributed by atoms with E-state index in [4.69, 9.17) is 4.74 Å². The van der Waals surface area contributed by atoms with Gasteiger partial charge in [-0.05, 0) is 31.1 Å². The Labute approximate surface area is 74.5 Å². The van der Waals surface area contributed by atoms with Crippen molar-refractivity contribution in [3.05, 3.63) is 0 Å². The normalized spacial score (nSPS) is 52.0. The Bertz CT molecular complexity index is 178. The monoisotopic (exact) mass is 166 g/mol. The third kappa shape index (κ3) is 1.10. The van der Waals surface area contributed by atoms with Crippen LogP contribution in [0.25, 0.3) is 0 Å². The summed E-state index contributed by atoms with van der Waals surface area (Å²) in [6.07, 6.45) is 11.6. The van der Waals surface area contributed by atoms with Gasteiger partial charge in [0.1, 0.15) is 0 Å². The van der Waals surface area contributed by atoms with Crippen molar-refractivity contribution in [2.24, 2.45) is 11.8 Å². The fourth-order valence-electron chi connectivity index (χ4n) is 3.37. The van der Waals surface area contributed by atoms with E-state index in [0.29, 0.717) is 12.2 Å². The number of hydrogen-bond donors (Lipinski definition) is 0. The predicted octanol–water partition coefficient (Wildman–Crippen LogP) is 2.74.